The maximum atomic E-state index is 13.2. The van der Waals surface area contributed by atoms with Gasteiger partial charge >= 0.3 is 7.05 Å². The van der Waals surface area contributed by atoms with Crippen LogP contribution in [0, 0.1) is 0 Å². The van der Waals surface area contributed by atoms with Crippen molar-refractivity contribution < 1.29 is 24.8 Å². The highest BCUT2D eigenvalue weighted by molar-refractivity contribution is 6.45. The van der Waals surface area contributed by atoms with Gasteiger partial charge in [0.25, 0.3) is 11.8 Å². The van der Waals surface area contributed by atoms with Gasteiger partial charge in [-0.1, -0.05) is 30.3 Å². The van der Waals surface area contributed by atoms with Crippen LogP contribution in [0.1, 0.15) is 47.2 Å². The molecule has 0 aromatic heterocycles. The van der Waals surface area contributed by atoms with Crippen LogP contribution in [0.2, 0.25) is 6.82 Å². The molecule has 2 amide bonds. The molecule has 8 nitrogen and oxygen atoms in total. The number of amides is 2. The molecule has 0 bridgehead atoms. The van der Waals surface area contributed by atoms with Gasteiger partial charge in [0.15, 0.2) is 6.10 Å². The van der Waals surface area contributed by atoms with Crippen LogP contribution in [-0.2, 0) is 11.3 Å². The molecule has 9 heteroatoms. The van der Waals surface area contributed by atoms with Crippen molar-refractivity contribution in [3.63, 3.8) is 0 Å². The zero-order valence-electron chi connectivity index (χ0n) is 19.6. The van der Waals surface area contributed by atoms with Gasteiger partial charge in [0, 0.05) is 30.9 Å². The minimum absolute atomic E-state index is 0.0260. The van der Waals surface area contributed by atoms with E-state index in [-0.39, 0.29) is 12.5 Å². The minimum atomic E-state index is -1.53. The lowest BCUT2D eigenvalue weighted by molar-refractivity contribution is -0.130. The first-order valence-corrected chi connectivity index (χ1v) is 11.8. The van der Waals surface area contributed by atoms with Crippen LogP contribution in [0.15, 0.2) is 48.5 Å². The fourth-order valence-electron chi connectivity index (χ4n) is 4.74. The largest absolute Gasteiger partial charge is 0.437 e. The van der Waals surface area contributed by atoms with Gasteiger partial charge in [0.05, 0.1) is 6.54 Å². The van der Waals surface area contributed by atoms with Gasteiger partial charge in [-0.3, -0.25) is 9.59 Å². The number of nitrogens with one attached hydrogen (secondary N) is 1. The number of carbonyl (C=O) groups is 2. The second-order valence-electron chi connectivity index (χ2n) is 9.60. The van der Waals surface area contributed by atoms with Crippen molar-refractivity contribution in [2.75, 3.05) is 24.5 Å². The highest BCUT2D eigenvalue weighted by atomic mass is 16.4. The zero-order chi connectivity index (χ0) is 24.5. The summed E-state index contributed by atoms with van der Waals surface area (Å²) in [6, 6.07) is 15.2. The summed E-state index contributed by atoms with van der Waals surface area (Å²) in [5.74, 6) is -0.289. The summed E-state index contributed by atoms with van der Waals surface area (Å²) in [4.78, 5) is 28.7. The Balaban J connectivity index is 1.39. The highest BCUT2D eigenvalue weighted by Gasteiger charge is 2.47. The molecule has 2 saturated heterocycles. The molecule has 34 heavy (non-hydrogen) atoms. The molecule has 180 valence electrons. The number of piperidine rings is 1. The van der Waals surface area contributed by atoms with E-state index in [0.29, 0.717) is 36.8 Å². The van der Waals surface area contributed by atoms with Crippen LogP contribution >= 0.6 is 0 Å². The third-order valence-electron chi connectivity index (χ3n) is 6.78. The molecule has 2 aliphatic rings. The molecule has 0 aliphatic carbocycles. The van der Waals surface area contributed by atoms with Crippen molar-refractivity contribution >= 4 is 24.6 Å². The molecule has 0 unspecified atom stereocenters. The summed E-state index contributed by atoms with van der Waals surface area (Å²) < 4.78 is 0. The van der Waals surface area contributed by atoms with Crippen LogP contribution in [-0.4, -0.2) is 70.3 Å². The molecule has 0 saturated carbocycles. The first-order chi connectivity index (χ1) is 16.2. The number of rotatable bonds is 6. The van der Waals surface area contributed by atoms with Gasteiger partial charge in [-0.2, -0.15) is 0 Å². The monoisotopic (exact) mass is 465 g/mol. The predicted molar refractivity (Wildman–Crippen MR) is 130 cm³/mol. The normalized spacial score (nSPS) is 23.4. The number of benzene rings is 2. The van der Waals surface area contributed by atoms with Gasteiger partial charge in [-0.25, -0.2) is 0 Å². The lowest BCUT2D eigenvalue weighted by Gasteiger charge is -2.32. The molecular weight excluding hydrogens is 433 g/mol. The van der Waals surface area contributed by atoms with Crippen molar-refractivity contribution in [2.24, 2.45) is 0 Å². The van der Waals surface area contributed by atoms with E-state index in [1.807, 2.05) is 17.0 Å². The van der Waals surface area contributed by atoms with Gasteiger partial charge in [0.1, 0.15) is 5.60 Å². The Bertz CT molecular complexity index is 1050. The summed E-state index contributed by atoms with van der Waals surface area (Å²) in [5, 5.41) is 32.7. The Morgan fingerprint density at radius 3 is 2.53 bits per heavy atom. The fourth-order valence-corrected chi connectivity index (χ4v) is 4.74. The highest BCUT2D eigenvalue weighted by Crippen LogP contribution is 2.31. The Morgan fingerprint density at radius 2 is 1.88 bits per heavy atom. The van der Waals surface area contributed by atoms with E-state index in [2.05, 4.69) is 17.4 Å². The second-order valence-corrected chi connectivity index (χ2v) is 9.60. The van der Waals surface area contributed by atoms with Crippen LogP contribution in [0.3, 0.4) is 0 Å². The van der Waals surface area contributed by atoms with Crippen LogP contribution < -0.4 is 10.1 Å². The van der Waals surface area contributed by atoms with E-state index in [4.69, 9.17) is 0 Å². The molecule has 2 atom stereocenters. The first kappa shape index (κ1) is 24.4. The SMILES string of the molecule is CB(O)NCc1cccc(C2CCN(C(=O)c3cccc(N4C[C@@](C)(O)[C@@H](O)C4=O)c3)CC2)c1. The molecule has 0 radical (unpaired) electrons. The maximum Gasteiger partial charge on any atom is 0.373 e. The maximum absolute atomic E-state index is 13.2. The number of anilines is 1. The van der Waals surface area contributed by atoms with E-state index >= 15 is 0 Å². The average molecular weight is 465 g/mol. The van der Waals surface area contributed by atoms with Crippen molar-refractivity contribution in [2.45, 2.75) is 50.8 Å². The zero-order valence-corrected chi connectivity index (χ0v) is 19.6. The van der Waals surface area contributed by atoms with E-state index in [1.165, 1.54) is 17.4 Å². The van der Waals surface area contributed by atoms with E-state index in [0.717, 1.165) is 18.4 Å². The summed E-state index contributed by atoms with van der Waals surface area (Å²) in [6.07, 6.45) is 0.240. The third-order valence-corrected chi connectivity index (χ3v) is 6.78. The average Bonchev–Trinajstić information content (AvgIpc) is 3.05. The van der Waals surface area contributed by atoms with Gasteiger partial charge in [-0.15, -0.1) is 0 Å². The number of aliphatic hydroxyl groups excluding tert-OH is 1. The summed E-state index contributed by atoms with van der Waals surface area (Å²) in [5.41, 5.74) is 1.82. The van der Waals surface area contributed by atoms with E-state index in [9.17, 15) is 24.8 Å². The number of aliphatic hydroxyl groups is 2. The summed E-state index contributed by atoms with van der Waals surface area (Å²) in [7, 11) is -0.557. The summed E-state index contributed by atoms with van der Waals surface area (Å²) >= 11 is 0. The number of hydrogen-bond donors (Lipinski definition) is 4. The predicted octanol–water partition coefficient (Wildman–Crippen LogP) is 1.36. The number of hydrogen-bond acceptors (Lipinski definition) is 6. The van der Waals surface area contributed by atoms with Crippen LogP contribution in [0.25, 0.3) is 0 Å². The second kappa shape index (κ2) is 9.87. The van der Waals surface area contributed by atoms with Crippen LogP contribution in [0.5, 0.6) is 0 Å². The molecule has 4 N–H and O–H groups in total. The van der Waals surface area contributed by atoms with Gasteiger partial charge in [-0.05, 0) is 61.8 Å². The van der Waals surface area contributed by atoms with Crippen molar-refractivity contribution in [3.8, 4) is 0 Å². The molecule has 2 heterocycles. The Kier molecular flexibility index (Phi) is 7.09. The Hall–Kier alpha value is -2.72. The number of carbonyl (C=O) groups excluding carboxylic acids is 2. The van der Waals surface area contributed by atoms with E-state index < -0.39 is 24.7 Å². The topological polar surface area (TPSA) is 113 Å². The summed E-state index contributed by atoms with van der Waals surface area (Å²) in [6.45, 7) is 4.98. The Labute approximate surface area is 200 Å². The van der Waals surface area contributed by atoms with Crippen LogP contribution in [0.4, 0.5) is 5.69 Å². The molecule has 2 fully saturated rings. The lowest BCUT2D eigenvalue weighted by Crippen LogP contribution is -2.39. The smallest absolute Gasteiger partial charge is 0.373 e. The molecule has 4 rings (SSSR count). The van der Waals surface area contributed by atoms with Crippen molar-refractivity contribution in [1.82, 2.24) is 10.1 Å². The molecule has 2 aromatic carbocycles. The molecular formula is C25H32BN3O5. The lowest BCUT2D eigenvalue weighted by atomic mass is 9.87. The Morgan fingerprint density at radius 1 is 1.18 bits per heavy atom. The van der Waals surface area contributed by atoms with Gasteiger partial charge in [0.2, 0.25) is 0 Å². The van der Waals surface area contributed by atoms with E-state index in [1.54, 1.807) is 31.1 Å². The van der Waals surface area contributed by atoms with Crippen molar-refractivity contribution in [1.29, 1.82) is 0 Å². The number of β-amino-alcohol motifs (C(OH)–C–C–N with tert-alkyl or cyclic N) is 1. The molecule has 2 aromatic rings. The van der Waals surface area contributed by atoms with Gasteiger partial charge < -0.3 is 30.3 Å². The van der Waals surface area contributed by atoms with Crippen molar-refractivity contribution in [3.05, 3.63) is 65.2 Å². The fraction of sp³-hybridized carbons (Fsp3) is 0.440. The quantitative estimate of drug-likeness (QED) is 0.480. The number of nitrogens with zero attached hydrogens (tertiary/aromatic N) is 2. The molecule has 0 spiro atoms. The first-order valence-electron chi connectivity index (χ1n) is 11.8. The minimum Gasteiger partial charge on any atom is -0.437 e. The number of likely N-dealkylation sites (tertiary alicyclic amines) is 1. The standard InChI is InChI=1S/C25H32BN3O5/c1-25(33)16-29(24(32)22(25)30)21-8-4-7-20(14-21)23(31)28-11-9-18(10-12-28)19-6-3-5-17(13-19)15-27-26(2)34/h3-8,13-14,18,22,27,30,33-34H,9-12,15-16H2,1-2H3/t22-,25+/m0/s1. The molecule has 2 aliphatic heterocycles. The third kappa shape index (κ3) is 5.18.